The van der Waals surface area contributed by atoms with Gasteiger partial charge < -0.3 is 16.4 Å². The monoisotopic (exact) mass is 402 g/mol. The summed E-state index contributed by atoms with van der Waals surface area (Å²) in [4.78, 5) is 27.3. The largest absolute Gasteiger partial charge is 0.365 e. The number of amides is 2. The predicted octanol–water partition coefficient (Wildman–Crippen LogP) is 4.76. The molecular formula is C22H18N4O2S. The van der Waals surface area contributed by atoms with Crippen LogP contribution < -0.4 is 16.4 Å². The lowest BCUT2D eigenvalue weighted by atomic mass is 10.0. The van der Waals surface area contributed by atoms with Crippen LogP contribution in [0.1, 0.15) is 16.6 Å². The molecule has 0 fully saturated rings. The van der Waals surface area contributed by atoms with Crippen molar-refractivity contribution in [2.75, 3.05) is 10.6 Å². The number of benzene rings is 2. The van der Waals surface area contributed by atoms with Gasteiger partial charge in [0.2, 0.25) is 5.91 Å². The zero-order valence-corrected chi connectivity index (χ0v) is 16.4. The molecule has 6 nitrogen and oxygen atoms in total. The number of thiophene rings is 1. The lowest BCUT2D eigenvalue weighted by Crippen LogP contribution is -2.08. The maximum Gasteiger partial charge on any atom is 0.258 e. The molecule has 0 bridgehead atoms. The Labute approximate surface area is 171 Å². The van der Waals surface area contributed by atoms with E-state index in [0.29, 0.717) is 4.88 Å². The molecule has 4 N–H and O–H groups in total. The molecule has 0 saturated heterocycles. The van der Waals surface area contributed by atoms with E-state index in [1.165, 1.54) is 18.3 Å². The highest BCUT2D eigenvalue weighted by atomic mass is 32.1. The van der Waals surface area contributed by atoms with Gasteiger partial charge in [-0.05, 0) is 41.5 Å². The van der Waals surface area contributed by atoms with Gasteiger partial charge in [0.1, 0.15) is 0 Å². The molecule has 0 aliphatic rings. The fourth-order valence-corrected chi connectivity index (χ4v) is 3.94. The predicted molar refractivity (Wildman–Crippen MR) is 118 cm³/mol. The number of nitrogens with two attached hydrogens (primary N) is 1. The molecular weight excluding hydrogens is 384 g/mol. The fourth-order valence-electron chi connectivity index (χ4n) is 3.03. The first kappa shape index (κ1) is 18.6. The Hall–Kier alpha value is -3.71. The van der Waals surface area contributed by atoms with Crippen molar-refractivity contribution in [2.45, 2.75) is 6.92 Å². The molecule has 4 rings (SSSR count). The van der Waals surface area contributed by atoms with Crippen molar-refractivity contribution < 1.29 is 9.59 Å². The molecule has 2 aromatic heterocycles. The van der Waals surface area contributed by atoms with Crippen molar-refractivity contribution in [3.63, 3.8) is 0 Å². The number of primary amides is 1. The van der Waals surface area contributed by atoms with Gasteiger partial charge in [0.15, 0.2) is 0 Å². The van der Waals surface area contributed by atoms with Gasteiger partial charge in [-0.3, -0.25) is 14.6 Å². The van der Waals surface area contributed by atoms with Gasteiger partial charge in [-0.25, -0.2) is 0 Å². The Bertz CT molecular complexity index is 1200. The summed E-state index contributed by atoms with van der Waals surface area (Å²) in [6, 6.07) is 17.5. The standard InChI is InChI=1S/C22H18N4O2S/c1-13(27)25-16-6-2-14(3-7-16)15-4-8-17(9-5-15)26-19-11-24-12-21-18(19)10-20(29-21)22(23)28/h2-12,26H,1H3,(H2,23,28)(H,25,27). The molecule has 0 spiro atoms. The summed E-state index contributed by atoms with van der Waals surface area (Å²) in [5.41, 5.74) is 10.0. The third kappa shape index (κ3) is 4.09. The van der Waals surface area contributed by atoms with Gasteiger partial charge in [0.05, 0.1) is 21.5 Å². The number of hydrogen-bond donors (Lipinski definition) is 3. The van der Waals surface area contributed by atoms with Crippen molar-refractivity contribution in [1.82, 2.24) is 4.98 Å². The van der Waals surface area contributed by atoms with Crippen molar-refractivity contribution in [3.8, 4) is 11.1 Å². The van der Waals surface area contributed by atoms with Crippen LogP contribution in [0.3, 0.4) is 0 Å². The van der Waals surface area contributed by atoms with Crippen molar-refractivity contribution >= 4 is 50.3 Å². The van der Waals surface area contributed by atoms with E-state index in [9.17, 15) is 9.59 Å². The molecule has 144 valence electrons. The van der Waals surface area contributed by atoms with E-state index < -0.39 is 5.91 Å². The van der Waals surface area contributed by atoms with Crippen LogP contribution in [0.15, 0.2) is 67.0 Å². The Kier molecular flexibility index (Phi) is 4.97. The smallest absolute Gasteiger partial charge is 0.258 e. The maximum absolute atomic E-state index is 11.5. The number of hydrogen-bond acceptors (Lipinski definition) is 5. The van der Waals surface area contributed by atoms with Crippen LogP contribution >= 0.6 is 11.3 Å². The number of fused-ring (bicyclic) bond motifs is 1. The SMILES string of the molecule is CC(=O)Nc1ccc(-c2ccc(Nc3cncc4sc(C(N)=O)cc34)cc2)cc1. The second-order valence-electron chi connectivity index (χ2n) is 6.53. The Balaban J connectivity index is 1.55. The minimum atomic E-state index is -0.439. The van der Waals surface area contributed by atoms with Gasteiger partial charge in [0.25, 0.3) is 5.91 Å². The average Bonchev–Trinajstić information content (AvgIpc) is 3.15. The Morgan fingerprint density at radius 2 is 1.55 bits per heavy atom. The Morgan fingerprint density at radius 1 is 0.931 bits per heavy atom. The molecule has 29 heavy (non-hydrogen) atoms. The van der Waals surface area contributed by atoms with Crippen molar-refractivity contribution in [1.29, 1.82) is 0 Å². The molecule has 0 unspecified atom stereocenters. The van der Waals surface area contributed by atoms with Crippen LogP contribution in [0.2, 0.25) is 0 Å². The third-order valence-electron chi connectivity index (χ3n) is 4.39. The average molecular weight is 402 g/mol. The summed E-state index contributed by atoms with van der Waals surface area (Å²) in [7, 11) is 0. The van der Waals surface area contributed by atoms with Gasteiger partial charge in [-0.15, -0.1) is 11.3 Å². The fraction of sp³-hybridized carbons (Fsp3) is 0.0455. The van der Waals surface area contributed by atoms with Gasteiger partial charge in [-0.2, -0.15) is 0 Å². The van der Waals surface area contributed by atoms with Crippen LogP contribution in [0, 0.1) is 0 Å². The second-order valence-corrected chi connectivity index (χ2v) is 7.62. The number of carbonyl (C=O) groups is 2. The highest BCUT2D eigenvalue weighted by molar-refractivity contribution is 7.20. The summed E-state index contributed by atoms with van der Waals surface area (Å²) in [6.45, 7) is 1.49. The minimum Gasteiger partial charge on any atom is -0.365 e. The first-order valence-corrected chi connectivity index (χ1v) is 9.74. The molecule has 7 heteroatoms. The van der Waals surface area contributed by atoms with Gasteiger partial charge >= 0.3 is 0 Å². The lowest BCUT2D eigenvalue weighted by Gasteiger charge is -2.09. The first-order valence-electron chi connectivity index (χ1n) is 8.92. The minimum absolute atomic E-state index is 0.0914. The molecule has 0 radical (unpaired) electrons. The molecule has 4 aromatic rings. The molecule has 0 atom stereocenters. The zero-order chi connectivity index (χ0) is 20.4. The summed E-state index contributed by atoms with van der Waals surface area (Å²) in [6.07, 6.45) is 3.46. The van der Waals surface area contributed by atoms with Gasteiger partial charge in [-0.1, -0.05) is 24.3 Å². The molecule has 2 aromatic carbocycles. The summed E-state index contributed by atoms with van der Waals surface area (Å²) < 4.78 is 0.902. The molecule has 0 aliphatic heterocycles. The van der Waals surface area contributed by atoms with Crippen LogP contribution in [0.5, 0.6) is 0 Å². The van der Waals surface area contributed by atoms with E-state index in [4.69, 9.17) is 5.73 Å². The van der Waals surface area contributed by atoms with Crippen molar-refractivity contribution in [2.24, 2.45) is 5.73 Å². The third-order valence-corrected chi connectivity index (χ3v) is 5.48. The first-order chi connectivity index (χ1) is 14.0. The maximum atomic E-state index is 11.5. The van der Waals surface area contributed by atoms with E-state index in [2.05, 4.69) is 15.6 Å². The quantitative estimate of drug-likeness (QED) is 0.448. The molecule has 2 amide bonds. The van der Waals surface area contributed by atoms with E-state index in [1.54, 1.807) is 18.5 Å². The molecule has 2 heterocycles. The van der Waals surface area contributed by atoms with E-state index in [-0.39, 0.29) is 5.91 Å². The number of nitrogens with zero attached hydrogens (tertiary/aromatic N) is 1. The lowest BCUT2D eigenvalue weighted by molar-refractivity contribution is -0.114. The normalized spacial score (nSPS) is 10.7. The highest BCUT2D eigenvalue weighted by Gasteiger charge is 2.10. The van der Waals surface area contributed by atoms with Crippen LogP contribution in [0.25, 0.3) is 21.2 Å². The van der Waals surface area contributed by atoms with Gasteiger partial charge in [0, 0.05) is 29.9 Å². The number of carbonyl (C=O) groups excluding carboxylic acids is 2. The van der Waals surface area contributed by atoms with E-state index in [0.717, 1.165) is 38.3 Å². The van der Waals surface area contributed by atoms with E-state index >= 15 is 0 Å². The second kappa shape index (κ2) is 7.73. The van der Waals surface area contributed by atoms with Crippen LogP contribution in [-0.2, 0) is 4.79 Å². The highest BCUT2D eigenvalue weighted by Crippen LogP contribution is 2.32. The summed E-state index contributed by atoms with van der Waals surface area (Å²) >= 11 is 1.33. The topological polar surface area (TPSA) is 97.1 Å². The number of nitrogens with one attached hydrogen (secondary N) is 2. The van der Waals surface area contributed by atoms with Crippen LogP contribution in [0.4, 0.5) is 17.1 Å². The van der Waals surface area contributed by atoms with Crippen LogP contribution in [-0.4, -0.2) is 16.8 Å². The Morgan fingerprint density at radius 3 is 2.14 bits per heavy atom. The number of aromatic nitrogens is 1. The number of pyridine rings is 1. The van der Waals surface area contributed by atoms with E-state index in [1.807, 2.05) is 48.5 Å². The number of anilines is 3. The molecule has 0 saturated carbocycles. The van der Waals surface area contributed by atoms with Crippen molar-refractivity contribution in [3.05, 3.63) is 71.9 Å². The molecule has 0 aliphatic carbocycles. The summed E-state index contributed by atoms with van der Waals surface area (Å²) in [5, 5.41) is 7.03. The summed E-state index contributed by atoms with van der Waals surface area (Å²) in [5.74, 6) is -0.530. The zero-order valence-electron chi connectivity index (χ0n) is 15.6. The number of rotatable bonds is 5.